The van der Waals surface area contributed by atoms with Crippen LogP contribution < -0.4 is 10.6 Å². The van der Waals surface area contributed by atoms with E-state index in [1.54, 1.807) is 4.90 Å². The number of amides is 3. The van der Waals surface area contributed by atoms with Gasteiger partial charge in [-0.3, -0.25) is 9.59 Å². The molecule has 146 valence electrons. The van der Waals surface area contributed by atoms with Crippen LogP contribution in [0.25, 0.3) is 0 Å². The Balaban J connectivity index is 1.32. The molecule has 0 spiro atoms. The Labute approximate surface area is 154 Å². The van der Waals surface area contributed by atoms with Crippen LogP contribution in [0.1, 0.15) is 57.8 Å². The summed E-state index contributed by atoms with van der Waals surface area (Å²) in [5.74, 6) is -0.576. The van der Waals surface area contributed by atoms with E-state index in [9.17, 15) is 19.5 Å². The molecule has 1 saturated heterocycles. The number of hydrogen-bond acceptors (Lipinski definition) is 3. The Morgan fingerprint density at radius 2 is 1.73 bits per heavy atom. The van der Waals surface area contributed by atoms with Crippen molar-refractivity contribution in [3.8, 4) is 0 Å². The van der Waals surface area contributed by atoms with Gasteiger partial charge < -0.3 is 20.6 Å². The van der Waals surface area contributed by atoms with Crippen molar-refractivity contribution in [3.05, 3.63) is 0 Å². The van der Waals surface area contributed by atoms with E-state index in [1.165, 1.54) is 19.3 Å². The van der Waals surface area contributed by atoms with Crippen molar-refractivity contribution in [1.82, 2.24) is 15.5 Å². The summed E-state index contributed by atoms with van der Waals surface area (Å²) < 4.78 is 0. The minimum atomic E-state index is -0.779. The maximum absolute atomic E-state index is 12.4. The van der Waals surface area contributed by atoms with Crippen LogP contribution in [0.4, 0.5) is 4.79 Å². The van der Waals surface area contributed by atoms with Gasteiger partial charge in [0, 0.05) is 32.1 Å². The van der Waals surface area contributed by atoms with E-state index in [1.807, 2.05) is 0 Å². The summed E-state index contributed by atoms with van der Waals surface area (Å²) in [4.78, 5) is 37.4. The van der Waals surface area contributed by atoms with Gasteiger partial charge >= 0.3 is 12.0 Å². The molecule has 2 saturated carbocycles. The molecule has 0 bridgehead atoms. The third kappa shape index (κ3) is 5.11. The van der Waals surface area contributed by atoms with Gasteiger partial charge in [-0.15, -0.1) is 0 Å². The van der Waals surface area contributed by atoms with Crippen molar-refractivity contribution >= 4 is 17.9 Å². The van der Waals surface area contributed by atoms with Crippen molar-refractivity contribution in [1.29, 1.82) is 0 Å². The van der Waals surface area contributed by atoms with Crippen LogP contribution in [-0.2, 0) is 9.59 Å². The quantitative estimate of drug-likeness (QED) is 0.601. The Kier molecular flexibility index (Phi) is 6.38. The van der Waals surface area contributed by atoms with Gasteiger partial charge in [-0.1, -0.05) is 19.3 Å². The van der Waals surface area contributed by atoms with E-state index in [2.05, 4.69) is 10.6 Å². The van der Waals surface area contributed by atoms with E-state index < -0.39 is 11.9 Å². The van der Waals surface area contributed by atoms with E-state index in [4.69, 9.17) is 0 Å². The topological polar surface area (TPSA) is 98.7 Å². The van der Waals surface area contributed by atoms with Gasteiger partial charge in [-0.25, -0.2) is 4.79 Å². The molecule has 0 radical (unpaired) electrons. The third-order valence-corrected chi connectivity index (χ3v) is 6.06. The summed E-state index contributed by atoms with van der Waals surface area (Å²) in [5, 5.41) is 15.2. The molecule has 0 aromatic carbocycles. The SMILES string of the molecule is O=C(NCCCC(=O)N1C[C@H](C(=O)O)[C@@H](C2CC2)C1)NC1CCCCC1. The highest BCUT2D eigenvalue weighted by Crippen LogP contribution is 2.44. The van der Waals surface area contributed by atoms with Gasteiger partial charge in [-0.05, 0) is 43.9 Å². The van der Waals surface area contributed by atoms with Crippen molar-refractivity contribution in [2.45, 2.75) is 63.8 Å². The predicted molar refractivity (Wildman–Crippen MR) is 96.6 cm³/mol. The van der Waals surface area contributed by atoms with Crippen LogP contribution in [0.2, 0.25) is 0 Å². The van der Waals surface area contributed by atoms with Crippen molar-refractivity contribution in [2.75, 3.05) is 19.6 Å². The lowest BCUT2D eigenvalue weighted by Gasteiger charge is -2.22. The van der Waals surface area contributed by atoms with Crippen molar-refractivity contribution in [3.63, 3.8) is 0 Å². The number of carbonyl (C=O) groups excluding carboxylic acids is 2. The molecule has 2 aliphatic carbocycles. The number of carboxylic acids is 1. The van der Waals surface area contributed by atoms with Gasteiger partial charge in [0.2, 0.25) is 5.91 Å². The zero-order valence-electron chi connectivity index (χ0n) is 15.4. The summed E-state index contributed by atoms with van der Waals surface area (Å²) in [6.07, 6.45) is 8.83. The average molecular weight is 365 g/mol. The van der Waals surface area contributed by atoms with Crippen LogP contribution in [0, 0.1) is 17.8 Å². The normalized spacial score (nSPS) is 26.5. The Morgan fingerprint density at radius 1 is 1.00 bits per heavy atom. The molecule has 3 aliphatic rings. The molecule has 0 unspecified atom stereocenters. The van der Waals surface area contributed by atoms with Crippen LogP contribution >= 0.6 is 0 Å². The fourth-order valence-electron chi connectivity index (χ4n) is 4.38. The zero-order valence-corrected chi connectivity index (χ0v) is 15.4. The van der Waals surface area contributed by atoms with Crippen LogP contribution in [0.5, 0.6) is 0 Å². The molecule has 1 aliphatic heterocycles. The number of rotatable bonds is 7. The molecule has 3 rings (SSSR count). The third-order valence-electron chi connectivity index (χ3n) is 6.06. The fourth-order valence-corrected chi connectivity index (χ4v) is 4.38. The summed E-state index contributed by atoms with van der Waals surface area (Å²) in [6.45, 7) is 1.38. The number of urea groups is 1. The monoisotopic (exact) mass is 365 g/mol. The molecular formula is C19H31N3O4. The first-order valence-corrected chi connectivity index (χ1v) is 10.1. The van der Waals surface area contributed by atoms with E-state index in [0.717, 1.165) is 25.7 Å². The van der Waals surface area contributed by atoms with Crippen molar-refractivity contribution in [2.24, 2.45) is 17.8 Å². The van der Waals surface area contributed by atoms with E-state index in [-0.39, 0.29) is 23.9 Å². The first-order valence-electron chi connectivity index (χ1n) is 10.1. The summed E-state index contributed by atoms with van der Waals surface area (Å²) in [5.41, 5.74) is 0. The Bertz CT molecular complexity index is 529. The molecule has 1 heterocycles. The molecule has 3 amide bonds. The fraction of sp³-hybridized carbons (Fsp3) is 0.842. The average Bonchev–Trinajstić information content (AvgIpc) is 3.37. The van der Waals surface area contributed by atoms with E-state index >= 15 is 0 Å². The van der Waals surface area contributed by atoms with Gasteiger partial charge in [0.25, 0.3) is 0 Å². The maximum Gasteiger partial charge on any atom is 0.315 e. The molecule has 0 aromatic heterocycles. The molecule has 3 N–H and O–H groups in total. The minimum absolute atomic E-state index is 0.00823. The number of likely N-dealkylation sites (tertiary alicyclic amines) is 1. The molecule has 7 heteroatoms. The Morgan fingerprint density at radius 3 is 2.38 bits per heavy atom. The number of nitrogens with one attached hydrogen (secondary N) is 2. The second-order valence-electron chi connectivity index (χ2n) is 8.08. The number of carbonyl (C=O) groups is 3. The molecule has 7 nitrogen and oxygen atoms in total. The van der Waals surface area contributed by atoms with Gasteiger partial charge in [0.05, 0.1) is 5.92 Å². The Hall–Kier alpha value is -1.79. The van der Waals surface area contributed by atoms with Crippen LogP contribution in [-0.4, -0.2) is 53.6 Å². The number of carboxylic acid groups (broad SMARTS) is 1. The minimum Gasteiger partial charge on any atom is -0.481 e. The summed E-state index contributed by atoms with van der Waals surface area (Å²) in [7, 11) is 0. The highest BCUT2D eigenvalue weighted by atomic mass is 16.4. The highest BCUT2D eigenvalue weighted by Gasteiger charge is 2.46. The molecular weight excluding hydrogens is 334 g/mol. The number of aliphatic carboxylic acids is 1. The number of nitrogens with zero attached hydrogens (tertiary/aromatic N) is 1. The first kappa shape index (κ1) is 19.0. The molecule has 2 atom stereocenters. The maximum atomic E-state index is 12.4. The number of hydrogen-bond donors (Lipinski definition) is 3. The lowest BCUT2D eigenvalue weighted by Crippen LogP contribution is -2.43. The standard InChI is InChI=1S/C19H31N3O4/c23-17(22-11-15(13-8-9-13)16(12-22)18(24)25)7-4-10-20-19(26)21-14-5-2-1-3-6-14/h13-16H,1-12H2,(H,24,25)(H2,20,21,26)/t15-,16+/m1/s1. The van der Waals surface area contributed by atoms with Gasteiger partial charge in [0.15, 0.2) is 0 Å². The largest absolute Gasteiger partial charge is 0.481 e. The van der Waals surface area contributed by atoms with Crippen LogP contribution in [0.15, 0.2) is 0 Å². The lowest BCUT2D eigenvalue weighted by molar-refractivity contribution is -0.142. The van der Waals surface area contributed by atoms with Crippen LogP contribution in [0.3, 0.4) is 0 Å². The van der Waals surface area contributed by atoms with E-state index in [0.29, 0.717) is 38.4 Å². The first-order chi connectivity index (χ1) is 12.5. The van der Waals surface area contributed by atoms with Gasteiger partial charge in [-0.2, -0.15) is 0 Å². The smallest absolute Gasteiger partial charge is 0.315 e. The van der Waals surface area contributed by atoms with Crippen molar-refractivity contribution < 1.29 is 19.5 Å². The molecule has 3 fully saturated rings. The second-order valence-corrected chi connectivity index (χ2v) is 8.08. The summed E-state index contributed by atoms with van der Waals surface area (Å²) >= 11 is 0. The second kappa shape index (κ2) is 8.73. The molecule has 0 aromatic rings. The zero-order chi connectivity index (χ0) is 18.5. The summed E-state index contributed by atoms with van der Waals surface area (Å²) in [6, 6.07) is 0.132. The lowest BCUT2D eigenvalue weighted by atomic mass is 9.92. The highest BCUT2D eigenvalue weighted by molar-refractivity contribution is 5.79. The molecule has 26 heavy (non-hydrogen) atoms. The predicted octanol–water partition coefficient (Wildman–Crippen LogP) is 1.97. The van der Waals surface area contributed by atoms with Gasteiger partial charge in [0.1, 0.15) is 0 Å².